The van der Waals surface area contributed by atoms with Crippen molar-refractivity contribution in [2.24, 2.45) is 0 Å². The third-order valence-corrected chi connectivity index (χ3v) is 2.54. The fraction of sp³-hybridized carbons (Fsp3) is 0.385. The summed E-state index contributed by atoms with van der Waals surface area (Å²) in [7, 11) is 0. The van der Waals surface area contributed by atoms with E-state index in [1.54, 1.807) is 13.0 Å². The molecule has 0 saturated heterocycles. The van der Waals surface area contributed by atoms with Gasteiger partial charge in [-0.2, -0.15) is 0 Å². The van der Waals surface area contributed by atoms with Crippen molar-refractivity contribution in [1.29, 1.82) is 0 Å². The first-order valence-corrected chi connectivity index (χ1v) is 5.89. The molecule has 0 spiro atoms. The Morgan fingerprint density at radius 1 is 1.37 bits per heavy atom. The van der Waals surface area contributed by atoms with Crippen molar-refractivity contribution >= 4 is 11.9 Å². The zero-order valence-electron chi connectivity index (χ0n) is 10.8. The van der Waals surface area contributed by atoms with Crippen molar-refractivity contribution in [3.05, 3.63) is 35.6 Å². The zero-order chi connectivity index (χ0) is 14.4. The average Bonchev–Trinajstić information content (AvgIpc) is 2.30. The van der Waals surface area contributed by atoms with E-state index in [2.05, 4.69) is 10.6 Å². The van der Waals surface area contributed by atoms with Crippen LogP contribution in [0, 0.1) is 5.82 Å². The smallest absolute Gasteiger partial charge is 0.325 e. The van der Waals surface area contributed by atoms with Crippen molar-refractivity contribution in [2.45, 2.75) is 25.9 Å². The molecule has 5 nitrogen and oxygen atoms in total. The maximum absolute atomic E-state index is 13.6. The van der Waals surface area contributed by atoms with E-state index in [4.69, 9.17) is 5.11 Å². The third kappa shape index (κ3) is 4.67. The topological polar surface area (TPSA) is 78.4 Å². The molecule has 0 heterocycles. The maximum atomic E-state index is 13.6. The van der Waals surface area contributed by atoms with Crippen molar-refractivity contribution in [3.63, 3.8) is 0 Å². The number of aliphatic carboxylic acids is 1. The van der Waals surface area contributed by atoms with Crippen LogP contribution in [0.4, 0.5) is 4.39 Å². The minimum atomic E-state index is -1.17. The lowest BCUT2D eigenvalue weighted by Crippen LogP contribution is -2.41. The fourth-order valence-electron chi connectivity index (χ4n) is 1.73. The lowest BCUT2D eigenvalue weighted by Gasteiger charge is -2.19. The van der Waals surface area contributed by atoms with Crippen LogP contribution in [0.2, 0.25) is 0 Å². The number of carbonyl (C=O) groups excluding carboxylic acids is 1. The van der Waals surface area contributed by atoms with E-state index in [1.807, 2.05) is 0 Å². The number of hydrogen-bond donors (Lipinski definition) is 3. The molecule has 0 aliphatic heterocycles. The Morgan fingerprint density at radius 2 is 2.00 bits per heavy atom. The quantitative estimate of drug-likeness (QED) is 0.721. The van der Waals surface area contributed by atoms with Gasteiger partial charge in [0.25, 0.3) is 0 Å². The zero-order valence-corrected chi connectivity index (χ0v) is 10.8. The van der Waals surface area contributed by atoms with Crippen LogP contribution in [0.25, 0.3) is 0 Å². The first kappa shape index (κ1) is 15.1. The van der Waals surface area contributed by atoms with Gasteiger partial charge >= 0.3 is 5.97 Å². The second kappa shape index (κ2) is 6.84. The lowest BCUT2D eigenvalue weighted by atomic mass is 10.1. The van der Waals surface area contributed by atoms with Gasteiger partial charge in [-0.15, -0.1) is 0 Å². The van der Waals surface area contributed by atoms with Gasteiger partial charge in [0.2, 0.25) is 5.91 Å². The monoisotopic (exact) mass is 268 g/mol. The predicted octanol–water partition coefficient (Wildman–Crippen LogP) is 1.07. The van der Waals surface area contributed by atoms with Gasteiger partial charge in [0, 0.05) is 25.1 Å². The van der Waals surface area contributed by atoms with E-state index in [-0.39, 0.29) is 24.1 Å². The Morgan fingerprint density at radius 3 is 2.53 bits per heavy atom. The molecular weight excluding hydrogens is 251 g/mol. The number of nitrogens with one attached hydrogen (secondary N) is 2. The number of carbonyl (C=O) groups is 2. The molecular formula is C13H17FN2O3. The van der Waals surface area contributed by atoms with Gasteiger partial charge in [0.1, 0.15) is 11.9 Å². The summed E-state index contributed by atoms with van der Waals surface area (Å²) >= 11 is 0. The van der Waals surface area contributed by atoms with Crippen LogP contribution < -0.4 is 10.6 Å². The highest BCUT2D eigenvalue weighted by Gasteiger charge is 2.22. The van der Waals surface area contributed by atoms with Crippen LogP contribution in [0.5, 0.6) is 0 Å². The van der Waals surface area contributed by atoms with Crippen LogP contribution in [-0.4, -0.2) is 29.6 Å². The van der Waals surface area contributed by atoms with Crippen LogP contribution in [0.15, 0.2) is 24.3 Å². The van der Waals surface area contributed by atoms with Crippen LogP contribution in [-0.2, 0) is 9.59 Å². The van der Waals surface area contributed by atoms with Gasteiger partial charge in [0.15, 0.2) is 0 Å². The second-order valence-electron chi connectivity index (χ2n) is 4.30. The molecule has 0 aliphatic rings. The molecule has 0 saturated carbocycles. The minimum absolute atomic E-state index is 0.0741. The first-order valence-electron chi connectivity index (χ1n) is 5.89. The number of benzene rings is 1. The third-order valence-electron chi connectivity index (χ3n) is 2.54. The summed E-state index contributed by atoms with van der Waals surface area (Å²) in [6.45, 7) is 3.33. The van der Waals surface area contributed by atoms with Gasteiger partial charge in [-0.1, -0.05) is 18.2 Å². The van der Waals surface area contributed by atoms with Gasteiger partial charge < -0.3 is 10.4 Å². The number of amides is 1. The SMILES string of the molecule is CC(=O)NC(C)CNC(C(=O)O)c1ccccc1F. The Hall–Kier alpha value is -1.95. The number of rotatable bonds is 6. The lowest BCUT2D eigenvalue weighted by molar-refractivity contribution is -0.139. The largest absolute Gasteiger partial charge is 0.480 e. The normalized spacial score (nSPS) is 13.6. The van der Waals surface area contributed by atoms with Crippen molar-refractivity contribution in [2.75, 3.05) is 6.54 Å². The van der Waals surface area contributed by atoms with Gasteiger partial charge in [0.05, 0.1) is 0 Å². The summed E-state index contributed by atoms with van der Waals surface area (Å²) in [5, 5.41) is 14.5. The second-order valence-corrected chi connectivity index (χ2v) is 4.30. The predicted molar refractivity (Wildman–Crippen MR) is 68.1 cm³/mol. The van der Waals surface area contributed by atoms with Gasteiger partial charge in [-0.05, 0) is 13.0 Å². The number of carboxylic acid groups (broad SMARTS) is 1. The molecule has 6 heteroatoms. The molecule has 19 heavy (non-hydrogen) atoms. The molecule has 2 unspecified atom stereocenters. The van der Waals surface area contributed by atoms with Crippen LogP contribution >= 0.6 is 0 Å². The Labute approximate surface area is 110 Å². The summed E-state index contributed by atoms with van der Waals surface area (Å²) in [6.07, 6.45) is 0. The molecule has 1 aromatic carbocycles. The summed E-state index contributed by atoms with van der Waals surface area (Å²) in [5.74, 6) is -1.94. The molecule has 0 radical (unpaired) electrons. The number of hydrogen-bond acceptors (Lipinski definition) is 3. The fourth-order valence-corrected chi connectivity index (χ4v) is 1.73. The van der Waals surface area contributed by atoms with E-state index < -0.39 is 17.8 Å². The molecule has 0 bridgehead atoms. The number of halogens is 1. The molecule has 0 aliphatic carbocycles. The summed E-state index contributed by atoms with van der Waals surface area (Å²) in [6, 6.07) is 4.32. The summed E-state index contributed by atoms with van der Waals surface area (Å²) < 4.78 is 13.6. The molecule has 3 N–H and O–H groups in total. The average molecular weight is 268 g/mol. The highest BCUT2D eigenvalue weighted by atomic mass is 19.1. The Balaban J connectivity index is 2.72. The van der Waals surface area contributed by atoms with Crippen LogP contribution in [0.3, 0.4) is 0 Å². The summed E-state index contributed by atoms with van der Waals surface area (Å²) in [4.78, 5) is 22.0. The van der Waals surface area contributed by atoms with E-state index >= 15 is 0 Å². The molecule has 1 aromatic rings. The molecule has 104 valence electrons. The van der Waals surface area contributed by atoms with Crippen LogP contribution in [0.1, 0.15) is 25.5 Å². The minimum Gasteiger partial charge on any atom is -0.480 e. The molecule has 0 fully saturated rings. The van der Waals surface area contributed by atoms with Gasteiger partial charge in [-0.25, -0.2) is 4.39 Å². The molecule has 1 amide bonds. The van der Waals surface area contributed by atoms with E-state index in [0.29, 0.717) is 0 Å². The Kier molecular flexibility index (Phi) is 5.44. The highest BCUT2D eigenvalue weighted by Crippen LogP contribution is 2.16. The van der Waals surface area contributed by atoms with E-state index in [9.17, 15) is 14.0 Å². The number of carboxylic acids is 1. The van der Waals surface area contributed by atoms with Crippen molar-refractivity contribution in [3.8, 4) is 0 Å². The van der Waals surface area contributed by atoms with E-state index in [1.165, 1.54) is 25.1 Å². The highest BCUT2D eigenvalue weighted by molar-refractivity contribution is 5.75. The van der Waals surface area contributed by atoms with Crippen molar-refractivity contribution < 1.29 is 19.1 Å². The Bertz CT molecular complexity index is 465. The molecule has 0 aromatic heterocycles. The maximum Gasteiger partial charge on any atom is 0.325 e. The standard InChI is InChI=1S/C13H17FN2O3/c1-8(16-9(2)17)7-15-12(13(18)19)10-5-3-4-6-11(10)14/h3-6,8,12,15H,7H2,1-2H3,(H,16,17)(H,18,19). The van der Waals surface area contributed by atoms with Gasteiger partial charge in [-0.3, -0.25) is 14.9 Å². The molecule has 2 atom stereocenters. The molecule has 1 rings (SSSR count). The first-order chi connectivity index (χ1) is 8.91. The van der Waals surface area contributed by atoms with E-state index in [0.717, 1.165) is 0 Å². The summed E-state index contributed by atoms with van der Waals surface area (Å²) in [5.41, 5.74) is 0.0741. The van der Waals surface area contributed by atoms with Crippen molar-refractivity contribution in [1.82, 2.24) is 10.6 Å².